The van der Waals surface area contributed by atoms with E-state index in [1.54, 1.807) is 4.90 Å². The molecule has 0 radical (unpaired) electrons. The average Bonchev–Trinajstić information content (AvgIpc) is 3.02. The Balaban J connectivity index is 0.000000208. The van der Waals surface area contributed by atoms with E-state index in [1.807, 2.05) is 0 Å². The van der Waals surface area contributed by atoms with Crippen LogP contribution >= 0.6 is 0 Å². The smallest absolute Gasteiger partial charge is 0.308 e. The van der Waals surface area contributed by atoms with Crippen LogP contribution in [0.4, 0.5) is 18.9 Å². The number of amides is 3. The zero-order valence-corrected chi connectivity index (χ0v) is 23.3. The number of halogens is 3. The fourth-order valence-electron chi connectivity index (χ4n) is 5.07. The van der Waals surface area contributed by atoms with Crippen molar-refractivity contribution in [2.75, 3.05) is 31.5 Å². The van der Waals surface area contributed by atoms with E-state index in [9.17, 15) is 32.3 Å². The number of anilines is 1. The number of aliphatic carboxylic acids is 1. The first kappa shape index (κ1) is 31.3. The molecule has 0 bridgehead atoms. The molecule has 2 aliphatic heterocycles. The lowest BCUT2D eigenvalue weighted by Gasteiger charge is -2.32. The van der Waals surface area contributed by atoms with Crippen molar-refractivity contribution in [1.82, 2.24) is 9.80 Å². The second-order valence-electron chi connectivity index (χ2n) is 10.5. The van der Waals surface area contributed by atoms with Crippen LogP contribution in [0, 0.1) is 29.3 Å². The van der Waals surface area contributed by atoms with Gasteiger partial charge in [-0.05, 0) is 98.5 Å². The van der Waals surface area contributed by atoms with Gasteiger partial charge in [0.25, 0.3) is 11.8 Å². The third-order valence-electron chi connectivity index (χ3n) is 7.43. The van der Waals surface area contributed by atoms with Crippen LogP contribution in [-0.4, -0.2) is 64.8 Å². The SMILES string of the molecule is O=C(Nc1ccc(F)cc1)[C@H]1CCCN(C(=O)c2ccc(F)cc2)C1.O=C(O)[C@H]1CCCN(C(=O)c2ccc(F)cc2)C1. The summed E-state index contributed by atoms with van der Waals surface area (Å²) in [6, 6.07) is 16.2. The van der Waals surface area contributed by atoms with E-state index < -0.39 is 23.5 Å². The third-order valence-corrected chi connectivity index (χ3v) is 7.43. The van der Waals surface area contributed by atoms with Crippen molar-refractivity contribution in [3.63, 3.8) is 0 Å². The summed E-state index contributed by atoms with van der Waals surface area (Å²) in [4.78, 5) is 51.1. The lowest BCUT2D eigenvalue weighted by atomic mass is 9.96. The highest BCUT2D eigenvalue weighted by atomic mass is 19.1. The largest absolute Gasteiger partial charge is 0.481 e. The molecule has 0 aromatic heterocycles. The summed E-state index contributed by atoms with van der Waals surface area (Å²) in [5.41, 5.74) is 1.32. The van der Waals surface area contributed by atoms with Crippen LogP contribution in [0.1, 0.15) is 46.4 Å². The van der Waals surface area contributed by atoms with Gasteiger partial charge in [0.1, 0.15) is 17.5 Å². The zero-order valence-electron chi connectivity index (χ0n) is 23.3. The summed E-state index contributed by atoms with van der Waals surface area (Å²) in [7, 11) is 0. The predicted octanol–water partition coefficient (Wildman–Crippen LogP) is 5.22. The molecule has 2 fully saturated rings. The number of rotatable bonds is 5. The predicted molar refractivity (Wildman–Crippen MR) is 153 cm³/mol. The summed E-state index contributed by atoms with van der Waals surface area (Å²) in [6.45, 7) is 1.66. The number of nitrogens with zero attached hydrogens (tertiary/aromatic N) is 2. The van der Waals surface area contributed by atoms with Crippen molar-refractivity contribution in [1.29, 1.82) is 0 Å². The summed E-state index contributed by atoms with van der Waals surface area (Å²) in [5, 5.41) is 11.7. The fourth-order valence-corrected chi connectivity index (χ4v) is 5.07. The number of carbonyl (C=O) groups is 4. The Morgan fingerprint density at radius 2 is 1.02 bits per heavy atom. The zero-order chi connectivity index (χ0) is 30.9. The first-order chi connectivity index (χ1) is 20.6. The van der Waals surface area contributed by atoms with Gasteiger partial charge in [0.05, 0.1) is 11.8 Å². The van der Waals surface area contributed by atoms with Gasteiger partial charge in [0, 0.05) is 43.0 Å². The van der Waals surface area contributed by atoms with Crippen LogP contribution in [0.25, 0.3) is 0 Å². The number of carbonyl (C=O) groups excluding carboxylic acids is 3. The van der Waals surface area contributed by atoms with Gasteiger partial charge >= 0.3 is 5.97 Å². The fraction of sp³-hybridized carbons (Fsp3) is 0.312. The van der Waals surface area contributed by atoms with Crippen molar-refractivity contribution < 1.29 is 37.5 Å². The Morgan fingerprint density at radius 1 is 0.628 bits per heavy atom. The highest BCUT2D eigenvalue weighted by Gasteiger charge is 2.30. The minimum Gasteiger partial charge on any atom is -0.481 e. The van der Waals surface area contributed by atoms with Crippen LogP contribution in [0.3, 0.4) is 0 Å². The number of carboxylic acid groups (broad SMARTS) is 1. The van der Waals surface area contributed by atoms with E-state index in [2.05, 4.69) is 5.32 Å². The van der Waals surface area contributed by atoms with E-state index in [1.165, 1.54) is 77.7 Å². The Hall–Kier alpha value is -4.67. The minimum absolute atomic E-state index is 0.191. The second kappa shape index (κ2) is 14.5. The Morgan fingerprint density at radius 3 is 1.47 bits per heavy atom. The molecule has 3 aromatic carbocycles. The number of hydrogen-bond donors (Lipinski definition) is 2. The van der Waals surface area contributed by atoms with E-state index in [4.69, 9.17) is 5.11 Å². The van der Waals surface area contributed by atoms with Crippen LogP contribution in [0.2, 0.25) is 0 Å². The Labute approximate surface area is 247 Å². The maximum Gasteiger partial charge on any atom is 0.308 e. The summed E-state index contributed by atoms with van der Waals surface area (Å²) in [6.07, 6.45) is 2.68. The molecule has 5 rings (SSSR count). The monoisotopic (exact) mass is 595 g/mol. The van der Waals surface area contributed by atoms with Crippen LogP contribution in [-0.2, 0) is 9.59 Å². The van der Waals surface area contributed by atoms with Gasteiger partial charge in [-0.15, -0.1) is 0 Å². The van der Waals surface area contributed by atoms with Gasteiger partial charge in [-0.1, -0.05) is 0 Å². The number of piperidine rings is 2. The van der Waals surface area contributed by atoms with Crippen molar-refractivity contribution in [3.8, 4) is 0 Å². The molecule has 226 valence electrons. The third kappa shape index (κ3) is 8.67. The molecular weight excluding hydrogens is 563 g/mol. The summed E-state index contributed by atoms with van der Waals surface area (Å²) < 4.78 is 38.7. The first-order valence-corrected chi connectivity index (χ1v) is 14.0. The van der Waals surface area contributed by atoms with Gasteiger partial charge in [0.15, 0.2) is 0 Å². The van der Waals surface area contributed by atoms with Gasteiger partial charge in [-0.2, -0.15) is 0 Å². The Bertz CT molecular complexity index is 1430. The molecule has 3 aromatic rings. The van der Waals surface area contributed by atoms with Gasteiger partial charge < -0.3 is 20.2 Å². The lowest BCUT2D eigenvalue weighted by molar-refractivity contribution is -0.143. The molecule has 2 aliphatic rings. The molecule has 2 N–H and O–H groups in total. The number of nitrogens with one attached hydrogen (secondary N) is 1. The standard InChI is InChI=1S/C19H18F2N2O2.C13H14FNO3/c20-15-5-3-13(4-6-15)19(25)23-11-1-2-14(12-23)18(24)22-17-9-7-16(21)8-10-17;14-11-5-3-9(4-6-11)12(16)15-7-1-2-10(8-15)13(17)18/h3-10,14H,1-2,11-12H2,(H,22,24);3-6,10H,1-2,7-8H2,(H,17,18)/t14-;10-/m00/s1. The van der Waals surface area contributed by atoms with Gasteiger partial charge in [-0.25, -0.2) is 13.2 Å². The van der Waals surface area contributed by atoms with Crippen molar-refractivity contribution in [2.45, 2.75) is 25.7 Å². The normalized spacial score (nSPS) is 18.2. The molecule has 3 amide bonds. The van der Waals surface area contributed by atoms with E-state index in [0.29, 0.717) is 62.1 Å². The van der Waals surface area contributed by atoms with Crippen molar-refractivity contribution >= 4 is 29.4 Å². The van der Waals surface area contributed by atoms with Crippen LogP contribution in [0.15, 0.2) is 72.8 Å². The highest BCUT2D eigenvalue weighted by molar-refractivity contribution is 5.96. The lowest BCUT2D eigenvalue weighted by Crippen LogP contribution is -2.43. The molecule has 2 heterocycles. The molecular formula is C32H32F3N3O5. The number of carboxylic acids is 1. The minimum atomic E-state index is -0.869. The van der Waals surface area contributed by atoms with E-state index in [0.717, 1.165) is 0 Å². The second-order valence-corrected chi connectivity index (χ2v) is 10.5. The van der Waals surface area contributed by atoms with E-state index >= 15 is 0 Å². The molecule has 8 nitrogen and oxygen atoms in total. The summed E-state index contributed by atoms with van der Waals surface area (Å²) in [5.74, 6) is -3.49. The maximum absolute atomic E-state index is 13.0. The van der Waals surface area contributed by atoms with Crippen molar-refractivity contribution in [3.05, 3.63) is 101 Å². The molecule has 0 aliphatic carbocycles. The van der Waals surface area contributed by atoms with E-state index in [-0.39, 0.29) is 36.0 Å². The quantitative estimate of drug-likeness (QED) is 0.421. The molecule has 2 atom stereocenters. The first-order valence-electron chi connectivity index (χ1n) is 14.0. The average molecular weight is 596 g/mol. The molecule has 0 saturated carbocycles. The highest BCUT2D eigenvalue weighted by Crippen LogP contribution is 2.22. The number of likely N-dealkylation sites (tertiary alicyclic amines) is 2. The molecule has 11 heteroatoms. The van der Waals surface area contributed by atoms with Crippen LogP contribution < -0.4 is 5.32 Å². The van der Waals surface area contributed by atoms with Gasteiger partial charge in [-0.3, -0.25) is 19.2 Å². The molecule has 0 spiro atoms. The Kier molecular flexibility index (Phi) is 10.5. The molecule has 43 heavy (non-hydrogen) atoms. The molecule has 0 unspecified atom stereocenters. The molecule has 2 saturated heterocycles. The van der Waals surface area contributed by atoms with Crippen molar-refractivity contribution in [2.24, 2.45) is 11.8 Å². The van der Waals surface area contributed by atoms with Gasteiger partial charge in [0.2, 0.25) is 5.91 Å². The van der Waals surface area contributed by atoms with Crippen LogP contribution in [0.5, 0.6) is 0 Å². The maximum atomic E-state index is 13.0. The topological polar surface area (TPSA) is 107 Å². The number of hydrogen-bond acceptors (Lipinski definition) is 4. The number of benzene rings is 3. The summed E-state index contributed by atoms with van der Waals surface area (Å²) >= 11 is 0.